The first-order chi connectivity index (χ1) is 10.7. The molecule has 0 bridgehead atoms. The fourth-order valence-corrected chi connectivity index (χ4v) is 2.99. The van der Waals surface area contributed by atoms with Crippen molar-refractivity contribution in [1.29, 1.82) is 0 Å². The van der Waals surface area contributed by atoms with Crippen molar-refractivity contribution in [2.75, 3.05) is 11.9 Å². The van der Waals surface area contributed by atoms with Gasteiger partial charge in [-0.05, 0) is 6.42 Å². The summed E-state index contributed by atoms with van der Waals surface area (Å²) < 4.78 is 1.35. The summed E-state index contributed by atoms with van der Waals surface area (Å²) in [6, 6.07) is 1.56. The van der Waals surface area contributed by atoms with Crippen LogP contribution in [0.4, 0.5) is 5.13 Å². The molecule has 0 unspecified atom stereocenters. The fraction of sp³-hybridized carbons (Fsp3) is 0.357. The van der Waals surface area contributed by atoms with Gasteiger partial charge in [0.25, 0.3) is 5.56 Å². The zero-order valence-electron chi connectivity index (χ0n) is 12.4. The SMILES string of the molecule is CCCc1cc(=O)n2nc(N(C)Cc3cnccn3)sc2n1. The molecule has 0 spiro atoms. The third-order valence-corrected chi connectivity index (χ3v) is 4.16. The van der Waals surface area contributed by atoms with Crippen molar-refractivity contribution in [3.63, 3.8) is 0 Å². The van der Waals surface area contributed by atoms with Gasteiger partial charge in [0.2, 0.25) is 10.1 Å². The maximum atomic E-state index is 12.1. The Balaban J connectivity index is 1.91. The Morgan fingerprint density at radius 1 is 1.32 bits per heavy atom. The van der Waals surface area contributed by atoms with Gasteiger partial charge in [0.05, 0.1) is 18.4 Å². The standard InChI is InChI=1S/C14H16N6OS/c1-3-4-10-7-12(21)20-13(17-10)22-14(18-20)19(2)9-11-8-15-5-6-16-11/h5-8H,3-4,9H2,1-2H3. The van der Waals surface area contributed by atoms with Gasteiger partial charge in [0.15, 0.2) is 0 Å². The average molecular weight is 316 g/mol. The van der Waals surface area contributed by atoms with Gasteiger partial charge in [0.1, 0.15) is 0 Å². The number of hydrogen-bond donors (Lipinski definition) is 0. The maximum absolute atomic E-state index is 12.1. The number of aromatic nitrogens is 5. The van der Waals surface area contributed by atoms with Crippen molar-refractivity contribution in [3.8, 4) is 0 Å². The second-order valence-electron chi connectivity index (χ2n) is 4.97. The number of aryl methyl sites for hydroxylation is 1. The molecule has 0 fully saturated rings. The van der Waals surface area contributed by atoms with Crippen LogP contribution in [0.1, 0.15) is 24.7 Å². The number of fused-ring (bicyclic) bond motifs is 1. The zero-order chi connectivity index (χ0) is 15.5. The van der Waals surface area contributed by atoms with Crippen LogP contribution in [-0.4, -0.2) is 31.6 Å². The van der Waals surface area contributed by atoms with Crippen LogP contribution < -0.4 is 10.5 Å². The van der Waals surface area contributed by atoms with Crippen molar-refractivity contribution < 1.29 is 0 Å². The van der Waals surface area contributed by atoms with E-state index < -0.39 is 0 Å². The minimum absolute atomic E-state index is 0.135. The van der Waals surface area contributed by atoms with Crippen molar-refractivity contribution in [2.45, 2.75) is 26.3 Å². The number of hydrogen-bond acceptors (Lipinski definition) is 7. The van der Waals surface area contributed by atoms with Gasteiger partial charge in [-0.25, -0.2) is 4.98 Å². The molecule has 7 nitrogen and oxygen atoms in total. The van der Waals surface area contributed by atoms with Crippen molar-refractivity contribution in [2.24, 2.45) is 0 Å². The van der Waals surface area contributed by atoms with Crippen molar-refractivity contribution in [1.82, 2.24) is 24.6 Å². The molecular weight excluding hydrogens is 300 g/mol. The first kappa shape index (κ1) is 14.6. The Morgan fingerprint density at radius 2 is 2.18 bits per heavy atom. The third kappa shape index (κ3) is 2.96. The van der Waals surface area contributed by atoms with Gasteiger partial charge < -0.3 is 4.90 Å². The largest absolute Gasteiger partial charge is 0.344 e. The lowest BCUT2D eigenvalue weighted by atomic mass is 10.2. The normalized spacial score (nSPS) is 11.0. The Morgan fingerprint density at radius 3 is 2.91 bits per heavy atom. The van der Waals surface area contributed by atoms with Gasteiger partial charge in [-0.3, -0.25) is 14.8 Å². The second-order valence-corrected chi connectivity index (χ2v) is 5.90. The third-order valence-electron chi connectivity index (χ3n) is 3.14. The van der Waals surface area contributed by atoms with E-state index in [1.165, 1.54) is 15.9 Å². The van der Waals surface area contributed by atoms with Crippen molar-refractivity contribution >= 4 is 21.4 Å². The van der Waals surface area contributed by atoms with E-state index in [1.54, 1.807) is 24.7 Å². The van der Waals surface area contributed by atoms with Gasteiger partial charge >= 0.3 is 0 Å². The summed E-state index contributed by atoms with van der Waals surface area (Å²) >= 11 is 1.40. The van der Waals surface area contributed by atoms with E-state index in [0.29, 0.717) is 11.5 Å². The second kappa shape index (κ2) is 6.18. The predicted molar refractivity (Wildman–Crippen MR) is 85.3 cm³/mol. The molecule has 0 N–H and O–H groups in total. The van der Waals surface area contributed by atoms with Crippen LogP contribution in [0.5, 0.6) is 0 Å². The first-order valence-corrected chi connectivity index (χ1v) is 7.85. The highest BCUT2D eigenvalue weighted by Crippen LogP contribution is 2.21. The van der Waals surface area contributed by atoms with Crippen LogP contribution in [-0.2, 0) is 13.0 Å². The van der Waals surface area contributed by atoms with Crippen LogP contribution in [0.15, 0.2) is 29.5 Å². The number of rotatable bonds is 5. The molecule has 3 aromatic rings. The summed E-state index contributed by atoms with van der Waals surface area (Å²) in [5, 5.41) is 5.07. The van der Waals surface area contributed by atoms with Crippen LogP contribution in [0, 0.1) is 0 Å². The molecule has 8 heteroatoms. The van der Waals surface area contributed by atoms with Gasteiger partial charge in [-0.2, -0.15) is 4.52 Å². The lowest BCUT2D eigenvalue weighted by Gasteiger charge is -2.13. The Bertz CT molecular complexity index is 828. The average Bonchev–Trinajstić information content (AvgIpc) is 2.93. The smallest absolute Gasteiger partial charge is 0.275 e. The quantitative estimate of drug-likeness (QED) is 0.710. The molecule has 22 heavy (non-hydrogen) atoms. The van der Waals surface area contributed by atoms with Crippen LogP contribution in [0.3, 0.4) is 0 Å². The summed E-state index contributed by atoms with van der Waals surface area (Å²) in [5.74, 6) is 0. The first-order valence-electron chi connectivity index (χ1n) is 7.03. The Hall–Kier alpha value is -2.35. The van der Waals surface area contributed by atoms with E-state index in [1.807, 2.05) is 11.9 Å². The van der Waals surface area contributed by atoms with E-state index >= 15 is 0 Å². The summed E-state index contributed by atoms with van der Waals surface area (Å²) in [5.41, 5.74) is 1.53. The highest BCUT2D eigenvalue weighted by atomic mass is 32.1. The maximum Gasteiger partial charge on any atom is 0.275 e. The summed E-state index contributed by atoms with van der Waals surface area (Å²) in [6.45, 7) is 2.64. The minimum atomic E-state index is -0.135. The molecule has 0 saturated carbocycles. The molecule has 3 heterocycles. The fourth-order valence-electron chi connectivity index (χ4n) is 2.11. The molecule has 0 aliphatic carbocycles. The molecular formula is C14H16N6OS. The highest BCUT2D eigenvalue weighted by Gasteiger charge is 2.12. The molecule has 3 rings (SSSR count). The van der Waals surface area contributed by atoms with E-state index in [2.05, 4.69) is 27.0 Å². The number of nitrogens with zero attached hydrogens (tertiary/aromatic N) is 6. The van der Waals surface area contributed by atoms with E-state index in [9.17, 15) is 4.79 Å². The Kier molecular flexibility index (Phi) is 4.10. The molecule has 0 aliphatic rings. The van der Waals surface area contributed by atoms with Crippen LogP contribution in [0.2, 0.25) is 0 Å². The molecule has 114 valence electrons. The minimum Gasteiger partial charge on any atom is -0.344 e. The molecule has 0 aliphatic heterocycles. The van der Waals surface area contributed by atoms with E-state index in [-0.39, 0.29) is 5.56 Å². The van der Waals surface area contributed by atoms with Gasteiger partial charge in [-0.15, -0.1) is 5.10 Å². The predicted octanol–water partition coefficient (Wildman–Crippen LogP) is 1.53. The number of anilines is 1. The van der Waals surface area contributed by atoms with E-state index in [4.69, 9.17) is 0 Å². The van der Waals surface area contributed by atoms with Crippen LogP contribution >= 0.6 is 11.3 Å². The molecule has 0 amide bonds. The topological polar surface area (TPSA) is 76.3 Å². The van der Waals surface area contributed by atoms with Gasteiger partial charge in [-0.1, -0.05) is 24.7 Å². The molecule has 0 radical (unpaired) electrons. The lowest BCUT2D eigenvalue weighted by Crippen LogP contribution is -2.19. The molecule has 0 saturated heterocycles. The van der Waals surface area contributed by atoms with E-state index in [0.717, 1.165) is 29.4 Å². The Labute approximate surface area is 131 Å². The molecule has 3 aromatic heterocycles. The zero-order valence-corrected chi connectivity index (χ0v) is 13.2. The lowest BCUT2D eigenvalue weighted by molar-refractivity contribution is 0.812. The van der Waals surface area contributed by atoms with Gasteiger partial charge in [0, 0.05) is 31.2 Å². The van der Waals surface area contributed by atoms with Crippen molar-refractivity contribution in [3.05, 3.63) is 46.4 Å². The highest BCUT2D eigenvalue weighted by molar-refractivity contribution is 7.20. The molecule has 0 aromatic carbocycles. The summed E-state index contributed by atoms with van der Waals surface area (Å²) in [6.07, 6.45) is 6.77. The van der Waals surface area contributed by atoms with Crippen LogP contribution in [0.25, 0.3) is 4.96 Å². The monoisotopic (exact) mass is 316 g/mol. The summed E-state index contributed by atoms with van der Waals surface area (Å²) in [7, 11) is 1.91. The molecule has 0 atom stereocenters. The summed E-state index contributed by atoms with van der Waals surface area (Å²) in [4.78, 5) is 27.4.